The van der Waals surface area contributed by atoms with Crippen LogP contribution in [-0.2, 0) is 19.1 Å². The van der Waals surface area contributed by atoms with Gasteiger partial charge in [0.2, 0.25) is 17.7 Å². The molecule has 1 saturated heterocycles. The number of carbonyl (C=O) groups is 4. The van der Waals surface area contributed by atoms with Crippen molar-refractivity contribution in [1.29, 1.82) is 0 Å². The molecule has 8 heteroatoms. The SMILES string of the molecule is CCOC(=O)c1c(NC(=O)CN2C(=O)[C@H]3CC=CC[C@H]3C2=O)sc(C)c1C. The summed E-state index contributed by atoms with van der Waals surface area (Å²) in [5.41, 5.74) is 1.07. The summed E-state index contributed by atoms with van der Waals surface area (Å²) >= 11 is 1.27. The van der Waals surface area contributed by atoms with E-state index in [1.165, 1.54) is 11.3 Å². The van der Waals surface area contributed by atoms with E-state index in [1.54, 1.807) is 13.8 Å². The molecule has 0 saturated carbocycles. The van der Waals surface area contributed by atoms with Gasteiger partial charge in [0, 0.05) is 4.88 Å². The second kappa shape index (κ2) is 7.64. The normalized spacial score (nSPS) is 21.4. The summed E-state index contributed by atoms with van der Waals surface area (Å²) in [6.45, 7) is 5.24. The lowest BCUT2D eigenvalue weighted by molar-refractivity contribution is -0.142. The molecule has 2 heterocycles. The van der Waals surface area contributed by atoms with Gasteiger partial charge in [0.15, 0.2) is 0 Å². The summed E-state index contributed by atoms with van der Waals surface area (Å²) in [5, 5.41) is 3.06. The first-order chi connectivity index (χ1) is 12.8. The van der Waals surface area contributed by atoms with E-state index in [0.717, 1.165) is 15.3 Å². The third-order valence-corrected chi connectivity index (χ3v) is 6.14. The molecule has 0 bridgehead atoms. The topological polar surface area (TPSA) is 92.8 Å². The largest absolute Gasteiger partial charge is 0.462 e. The minimum atomic E-state index is -0.505. The monoisotopic (exact) mass is 390 g/mol. The zero-order valence-corrected chi connectivity index (χ0v) is 16.4. The van der Waals surface area contributed by atoms with Gasteiger partial charge in [0.1, 0.15) is 11.5 Å². The first kappa shape index (κ1) is 19.3. The van der Waals surface area contributed by atoms with Crippen molar-refractivity contribution >= 4 is 40.0 Å². The number of ether oxygens (including phenoxy) is 1. The highest BCUT2D eigenvalue weighted by molar-refractivity contribution is 7.16. The van der Waals surface area contributed by atoms with Crippen LogP contribution in [-0.4, -0.2) is 41.7 Å². The lowest BCUT2D eigenvalue weighted by Gasteiger charge is -2.14. The van der Waals surface area contributed by atoms with Crippen molar-refractivity contribution in [3.05, 3.63) is 28.2 Å². The Morgan fingerprint density at radius 1 is 1.19 bits per heavy atom. The van der Waals surface area contributed by atoms with Crippen LogP contribution < -0.4 is 5.32 Å². The standard InChI is InChI=1S/C19H22N2O5S/c1-4-26-19(25)15-10(2)11(3)27-16(15)20-14(22)9-21-17(23)12-7-5-6-8-13(12)18(21)24/h5-6,12-13H,4,7-9H2,1-3H3,(H,20,22)/t12-,13+. The number of fused-ring (bicyclic) bond motifs is 1. The van der Waals surface area contributed by atoms with E-state index in [1.807, 2.05) is 19.1 Å². The molecule has 7 nitrogen and oxygen atoms in total. The lowest BCUT2D eigenvalue weighted by atomic mass is 9.85. The van der Waals surface area contributed by atoms with Crippen LogP contribution in [0, 0.1) is 25.7 Å². The molecule has 3 rings (SSSR count). The number of likely N-dealkylation sites (tertiary alicyclic amines) is 1. The van der Waals surface area contributed by atoms with Crippen LogP contribution in [0.2, 0.25) is 0 Å². The number of esters is 1. The molecule has 1 aliphatic carbocycles. The van der Waals surface area contributed by atoms with Gasteiger partial charge in [0.05, 0.1) is 24.0 Å². The number of hydrogen-bond donors (Lipinski definition) is 1. The molecular formula is C19H22N2O5S. The van der Waals surface area contributed by atoms with E-state index in [9.17, 15) is 19.2 Å². The fraction of sp³-hybridized carbons (Fsp3) is 0.474. The number of nitrogens with one attached hydrogen (secondary N) is 1. The lowest BCUT2D eigenvalue weighted by Crippen LogP contribution is -2.38. The Balaban J connectivity index is 1.74. The number of nitrogens with zero attached hydrogens (tertiary/aromatic N) is 1. The zero-order valence-electron chi connectivity index (χ0n) is 15.5. The molecule has 1 N–H and O–H groups in total. The van der Waals surface area contributed by atoms with Gasteiger partial charge in [-0.3, -0.25) is 19.3 Å². The number of anilines is 1. The number of aryl methyl sites for hydroxylation is 1. The van der Waals surface area contributed by atoms with Crippen LogP contribution in [0.4, 0.5) is 5.00 Å². The van der Waals surface area contributed by atoms with Crippen LogP contribution in [0.3, 0.4) is 0 Å². The Bertz CT molecular complexity index is 815. The van der Waals surface area contributed by atoms with Gasteiger partial charge < -0.3 is 10.1 Å². The summed E-state index contributed by atoms with van der Waals surface area (Å²) in [5.74, 6) is -2.33. The van der Waals surface area contributed by atoms with Gasteiger partial charge in [0.25, 0.3) is 0 Å². The summed E-state index contributed by atoms with van der Waals surface area (Å²) in [6, 6.07) is 0. The van der Waals surface area contributed by atoms with Crippen LogP contribution >= 0.6 is 11.3 Å². The number of thiophene rings is 1. The fourth-order valence-electron chi connectivity index (χ4n) is 3.50. The van der Waals surface area contributed by atoms with Gasteiger partial charge in [-0.25, -0.2) is 4.79 Å². The molecular weight excluding hydrogens is 368 g/mol. The van der Waals surface area contributed by atoms with Crippen LogP contribution in [0.5, 0.6) is 0 Å². The Morgan fingerprint density at radius 2 is 1.78 bits per heavy atom. The maximum absolute atomic E-state index is 12.5. The van der Waals surface area contributed by atoms with Crippen LogP contribution in [0.15, 0.2) is 12.2 Å². The molecule has 1 aromatic heterocycles. The van der Waals surface area contributed by atoms with E-state index in [-0.39, 0.29) is 36.8 Å². The number of carbonyl (C=O) groups excluding carboxylic acids is 4. The average molecular weight is 390 g/mol. The molecule has 2 aliphatic rings. The van der Waals surface area contributed by atoms with Crippen molar-refractivity contribution in [1.82, 2.24) is 4.90 Å². The fourth-order valence-corrected chi connectivity index (χ4v) is 4.56. The third-order valence-electron chi connectivity index (χ3n) is 5.02. The van der Waals surface area contributed by atoms with Crippen molar-refractivity contribution in [2.45, 2.75) is 33.6 Å². The number of amides is 3. The molecule has 1 fully saturated rings. The highest BCUT2D eigenvalue weighted by Gasteiger charge is 2.47. The molecule has 0 unspecified atom stereocenters. The first-order valence-electron chi connectivity index (χ1n) is 8.92. The highest BCUT2D eigenvalue weighted by Crippen LogP contribution is 2.36. The molecule has 144 valence electrons. The second-order valence-corrected chi connectivity index (χ2v) is 7.90. The smallest absolute Gasteiger partial charge is 0.341 e. The van der Waals surface area contributed by atoms with E-state index >= 15 is 0 Å². The number of allylic oxidation sites excluding steroid dienone is 2. The molecule has 27 heavy (non-hydrogen) atoms. The number of hydrogen-bond acceptors (Lipinski definition) is 6. The Labute approximate surface area is 161 Å². The second-order valence-electron chi connectivity index (χ2n) is 6.67. The average Bonchev–Trinajstić information content (AvgIpc) is 3.04. The molecule has 2 atom stereocenters. The minimum Gasteiger partial charge on any atom is -0.462 e. The number of rotatable bonds is 5. The van der Waals surface area contributed by atoms with E-state index < -0.39 is 11.9 Å². The predicted molar refractivity (Wildman–Crippen MR) is 100 cm³/mol. The third kappa shape index (κ3) is 3.53. The molecule has 1 aromatic rings. The van der Waals surface area contributed by atoms with E-state index in [2.05, 4.69) is 5.32 Å². The highest BCUT2D eigenvalue weighted by atomic mass is 32.1. The summed E-state index contributed by atoms with van der Waals surface area (Å²) in [7, 11) is 0. The maximum atomic E-state index is 12.5. The molecule has 0 radical (unpaired) electrons. The Kier molecular flexibility index (Phi) is 5.46. The van der Waals surface area contributed by atoms with Crippen LogP contribution in [0.1, 0.15) is 40.6 Å². The summed E-state index contributed by atoms with van der Waals surface area (Å²) in [6.07, 6.45) is 4.87. The van der Waals surface area contributed by atoms with Gasteiger partial charge in [-0.1, -0.05) is 12.2 Å². The molecule has 0 spiro atoms. The Morgan fingerprint density at radius 3 is 2.33 bits per heavy atom. The number of imide groups is 1. The van der Waals surface area contributed by atoms with Crippen molar-refractivity contribution in [2.24, 2.45) is 11.8 Å². The van der Waals surface area contributed by atoms with Crippen molar-refractivity contribution in [3.63, 3.8) is 0 Å². The van der Waals surface area contributed by atoms with Gasteiger partial charge >= 0.3 is 5.97 Å². The van der Waals surface area contributed by atoms with Gasteiger partial charge in [-0.2, -0.15) is 0 Å². The molecule has 1 aliphatic heterocycles. The van der Waals surface area contributed by atoms with Gasteiger partial charge in [-0.15, -0.1) is 11.3 Å². The van der Waals surface area contributed by atoms with Crippen LogP contribution in [0.25, 0.3) is 0 Å². The quantitative estimate of drug-likeness (QED) is 0.474. The van der Waals surface area contributed by atoms with Crippen molar-refractivity contribution < 1.29 is 23.9 Å². The summed E-state index contributed by atoms with van der Waals surface area (Å²) in [4.78, 5) is 51.6. The van der Waals surface area contributed by atoms with Gasteiger partial charge in [-0.05, 0) is 39.2 Å². The summed E-state index contributed by atoms with van der Waals surface area (Å²) < 4.78 is 5.07. The Hall–Kier alpha value is -2.48. The van der Waals surface area contributed by atoms with E-state index in [4.69, 9.17) is 4.74 Å². The first-order valence-corrected chi connectivity index (χ1v) is 9.74. The molecule has 0 aromatic carbocycles. The minimum absolute atomic E-state index is 0.230. The maximum Gasteiger partial charge on any atom is 0.341 e. The molecule has 3 amide bonds. The van der Waals surface area contributed by atoms with Crippen molar-refractivity contribution in [3.8, 4) is 0 Å². The van der Waals surface area contributed by atoms with Crippen molar-refractivity contribution in [2.75, 3.05) is 18.5 Å². The van der Waals surface area contributed by atoms with E-state index in [0.29, 0.717) is 23.4 Å². The predicted octanol–water partition coefficient (Wildman–Crippen LogP) is 2.43. The zero-order chi connectivity index (χ0) is 19.7.